The summed E-state index contributed by atoms with van der Waals surface area (Å²) in [6.45, 7) is 4.36. The number of fused-ring (bicyclic) bond motifs is 4. The van der Waals surface area contributed by atoms with Crippen LogP contribution in [0.25, 0.3) is 21.9 Å². The number of nitrogens with zero attached hydrogens (tertiary/aromatic N) is 1. The van der Waals surface area contributed by atoms with Crippen LogP contribution in [0.5, 0.6) is 0 Å². The fraction of sp³-hybridized carbons (Fsp3) is 0.227. The Morgan fingerprint density at radius 3 is 2.77 bits per heavy atom. The van der Waals surface area contributed by atoms with Crippen LogP contribution in [-0.4, -0.2) is 11.4 Å². The Balaban J connectivity index is 1.60. The number of furan rings is 1. The lowest BCUT2D eigenvalue weighted by atomic mass is 9.95. The van der Waals surface area contributed by atoms with Gasteiger partial charge in [0.15, 0.2) is 0 Å². The molecule has 0 N–H and O–H groups in total. The third kappa shape index (κ3) is 2.37. The second-order valence-corrected chi connectivity index (χ2v) is 7.01. The summed E-state index contributed by atoms with van der Waals surface area (Å²) in [5.41, 5.74) is 5.31. The van der Waals surface area contributed by atoms with Crippen molar-refractivity contribution in [1.82, 2.24) is 4.90 Å². The largest absolute Gasteiger partial charge is 0.464 e. The van der Waals surface area contributed by atoms with Gasteiger partial charge < -0.3 is 8.83 Å². The Morgan fingerprint density at radius 2 is 1.92 bits per heavy atom. The lowest BCUT2D eigenvalue weighted by Gasteiger charge is -2.28. The van der Waals surface area contributed by atoms with Gasteiger partial charge in [-0.2, -0.15) is 0 Å². The quantitative estimate of drug-likeness (QED) is 0.505. The third-order valence-corrected chi connectivity index (χ3v) is 5.36. The fourth-order valence-corrected chi connectivity index (χ4v) is 4.05. The molecule has 0 radical (unpaired) electrons. The molecule has 2 aromatic carbocycles. The van der Waals surface area contributed by atoms with Crippen LogP contribution in [0, 0.1) is 6.92 Å². The summed E-state index contributed by atoms with van der Waals surface area (Å²) in [7, 11) is 0. The van der Waals surface area contributed by atoms with Gasteiger partial charge in [0.25, 0.3) is 0 Å². The minimum Gasteiger partial charge on any atom is -0.464 e. The van der Waals surface area contributed by atoms with Crippen molar-refractivity contribution in [3.8, 4) is 0 Å². The average molecular weight is 345 g/mol. The second kappa shape index (κ2) is 5.85. The van der Waals surface area contributed by atoms with Crippen molar-refractivity contribution in [3.05, 3.63) is 81.4 Å². The van der Waals surface area contributed by atoms with Gasteiger partial charge in [-0.15, -0.1) is 0 Å². The Morgan fingerprint density at radius 1 is 1.08 bits per heavy atom. The van der Waals surface area contributed by atoms with Crippen molar-refractivity contribution >= 4 is 21.9 Å². The van der Waals surface area contributed by atoms with Gasteiger partial charge in [-0.1, -0.05) is 30.3 Å². The fourth-order valence-electron chi connectivity index (χ4n) is 4.05. The SMILES string of the molecule is Cc1c2occc2cc2c3c(c(=O)oc12)CN(Cc1ccccc1)CC3. The van der Waals surface area contributed by atoms with Crippen molar-refractivity contribution in [2.24, 2.45) is 0 Å². The minimum atomic E-state index is -0.223. The Labute approximate surface area is 150 Å². The van der Waals surface area contributed by atoms with Gasteiger partial charge in [0.2, 0.25) is 0 Å². The van der Waals surface area contributed by atoms with Crippen molar-refractivity contribution in [1.29, 1.82) is 0 Å². The number of hydrogen-bond acceptors (Lipinski definition) is 4. The Hall–Kier alpha value is -2.85. The highest BCUT2D eigenvalue weighted by Gasteiger charge is 2.24. The molecule has 0 saturated carbocycles. The molecule has 0 saturated heterocycles. The van der Waals surface area contributed by atoms with Crippen LogP contribution in [-0.2, 0) is 19.5 Å². The molecule has 0 fully saturated rings. The molecule has 1 aliphatic rings. The van der Waals surface area contributed by atoms with Gasteiger partial charge in [0, 0.05) is 36.0 Å². The second-order valence-electron chi connectivity index (χ2n) is 7.01. The van der Waals surface area contributed by atoms with Crippen LogP contribution < -0.4 is 5.63 Å². The van der Waals surface area contributed by atoms with E-state index in [1.165, 1.54) is 5.56 Å². The predicted octanol–water partition coefficient (Wildman–Crippen LogP) is 4.41. The number of benzene rings is 2. The van der Waals surface area contributed by atoms with E-state index >= 15 is 0 Å². The predicted molar refractivity (Wildman–Crippen MR) is 101 cm³/mol. The maximum atomic E-state index is 12.7. The molecule has 1 aliphatic heterocycles. The molecule has 0 atom stereocenters. The van der Waals surface area contributed by atoms with E-state index in [1.54, 1.807) is 6.26 Å². The molecule has 4 heteroatoms. The van der Waals surface area contributed by atoms with E-state index in [9.17, 15) is 4.79 Å². The Bertz CT molecular complexity index is 1170. The summed E-state index contributed by atoms with van der Waals surface area (Å²) in [6.07, 6.45) is 2.54. The Kier molecular flexibility index (Phi) is 3.47. The zero-order valence-corrected chi connectivity index (χ0v) is 14.6. The maximum absolute atomic E-state index is 12.7. The van der Waals surface area contributed by atoms with Gasteiger partial charge >= 0.3 is 5.63 Å². The summed E-state index contributed by atoms with van der Waals surface area (Å²) in [5, 5.41) is 2.10. The number of hydrogen-bond donors (Lipinski definition) is 0. The highest BCUT2D eigenvalue weighted by Crippen LogP contribution is 2.33. The molecule has 5 rings (SSSR count). The molecule has 4 aromatic rings. The van der Waals surface area contributed by atoms with Crippen LogP contribution in [0.3, 0.4) is 0 Å². The number of aryl methyl sites for hydroxylation is 1. The van der Waals surface area contributed by atoms with E-state index in [-0.39, 0.29) is 5.63 Å². The molecule has 3 heterocycles. The van der Waals surface area contributed by atoms with Gasteiger partial charge in [0.05, 0.1) is 11.8 Å². The molecule has 0 amide bonds. The first-order chi connectivity index (χ1) is 12.7. The monoisotopic (exact) mass is 345 g/mol. The molecule has 0 unspecified atom stereocenters. The maximum Gasteiger partial charge on any atom is 0.341 e. The summed E-state index contributed by atoms with van der Waals surface area (Å²) < 4.78 is 11.3. The number of rotatable bonds is 2. The zero-order valence-electron chi connectivity index (χ0n) is 14.6. The lowest BCUT2D eigenvalue weighted by Crippen LogP contribution is -2.33. The van der Waals surface area contributed by atoms with Crippen LogP contribution >= 0.6 is 0 Å². The normalized spacial score (nSPS) is 14.8. The van der Waals surface area contributed by atoms with Crippen LogP contribution in [0.2, 0.25) is 0 Å². The highest BCUT2D eigenvalue weighted by atomic mass is 16.4. The van der Waals surface area contributed by atoms with Gasteiger partial charge in [-0.25, -0.2) is 4.79 Å². The lowest BCUT2D eigenvalue weighted by molar-refractivity contribution is 0.241. The molecule has 0 bridgehead atoms. The zero-order chi connectivity index (χ0) is 17.7. The van der Waals surface area contributed by atoms with E-state index < -0.39 is 0 Å². The summed E-state index contributed by atoms with van der Waals surface area (Å²) in [6, 6.07) is 14.4. The highest BCUT2D eigenvalue weighted by molar-refractivity contribution is 5.98. The molecular weight excluding hydrogens is 326 g/mol. The van der Waals surface area contributed by atoms with Crippen LogP contribution in [0.15, 0.2) is 62.4 Å². The first-order valence-electron chi connectivity index (χ1n) is 8.92. The average Bonchev–Trinajstić information content (AvgIpc) is 3.13. The van der Waals surface area contributed by atoms with Crippen LogP contribution in [0.1, 0.15) is 22.3 Å². The molecule has 0 aliphatic carbocycles. The smallest absolute Gasteiger partial charge is 0.341 e. The van der Waals surface area contributed by atoms with Crippen molar-refractivity contribution in [2.75, 3.05) is 6.54 Å². The van der Waals surface area contributed by atoms with E-state index in [0.29, 0.717) is 12.1 Å². The van der Waals surface area contributed by atoms with Crippen molar-refractivity contribution in [2.45, 2.75) is 26.4 Å². The summed E-state index contributed by atoms with van der Waals surface area (Å²) in [4.78, 5) is 15.0. The molecule has 4 nitrogen and oxygen atoms in total. The molecule has 0 spiro atoms. The standard InChI is InChI=1S/C22H19NO3/c1-14-20-16(8-10-25-20)11-18-17-7-9-23(12-15-5-3-2-4-6-15)13-19(17)22(24)26-21(14)18/h2-6,8,10-11H,7,9,12-13H2,1H3. The van der Waals surface area contributed by atoms with Gasteiger partial charge in [0.1, 0.15) is 11.2 Å². The first-order valence-corrected chi connectivity index (χ1v) is 8.92. The third-order valence-electron chi connectivity index (χ3n) is 5.36. The topological polar surface area (TPSA) is 46.6 Å². The van der Waals surface area contributed by atoms with Crippen LogP contribution in [0.4, 0.5) is 0 Å². The molecule has 26 heavy (non-hydrogen) atoms. The van der Waals surface area contributed by atoms with E-state index in [4.69, 9.17) is 8.83 Å². The van der Waals surface area contributed by atoms with E-state index in [1.807, 2.05) is 31.2 Å². The van der Waals surface area contributed by atoms with E-state index in [0.717, 1.165) is 52.6 Å². The molecule has 130 valence electrons. The first kappa shape index (κ1) is 15.4. The van der Waals surface area contributed by atoms with Crippen molar-refractivity contribution < 1.29 is 8.83 Å². The summed E-state index contributed by atoms with van der Waals surface area (Å²) >= 11 is 0. The van der Waals surface area contributed by atoms with Gasteiger partial charge in [-0.3, -0.25) is 4.90 Å². The molecular formula is C22H19NO3. The minimum absolute atomic E-state index is 0.223. The summed E-state index contributed by atoms with van der Waals surface area (Å²) in [5.74, 6) is 0. The molecule has 2 aromatic heterocycles. The van der Waals surface area contributed by atoms with Crippen molar-refractivity contribution in [3.63, 3.8) is 0 Å². The van der Waals surface area contributed by atoms with E-state index in [2.05, 4.69) is 23.1 Å². The van der Waals surface area contributed by atoms with Gasteiger partial charge in [-0.05, 0) is 36.6 Å².